The van der Waals surface area contributed by atoms with Crippen molar-refractivity contribution in [1.82, 2.24) is 10.3 Å². The molecule has 0 unspecified atom stereocenters. The van der Waals surface area contributed by atoms with Crippen LogP contribution in [0.1, 0.15) is 22.5 Å². The van der Waals surface area contributed by atoms with E-state index in [1.54, 1.807) is 0 Å². The fourth-order valence-electron chi connectivity index (χ4n) is 3.83. The monoisotopic (exact) mass is 422 g/mol. The lowest BCUT2D eigenvalue weighted by atomic mass is 10.0. The van der Waals surface area contributed by atoms with Gasteiger partial charge in [0.2, 0.25) is 0 Å². The van der Waals surface area contributed by atoms with Crippen molar-refractivity contribution in [2.75, 3.05) is 13.2 Å². The van der Waals surface area contributed by atoms with E-state index in [-0.39, 0.29) is 12.0 Å². The van der Waals surface area contributed by atoms with Crippen LogP contribution in [0.4, 0.5) is 0 Å². The van der Waals surface area contributed by atoms with Crippen molar-refractivity contribution in [3.05, 3.63) is 64.6 Å². The lowest BCUT2D eigenvalue weighted by Crippen LogP contribution is -2.31. The molecule has 0 spiro atoms. The zero-order valence-corrected chi connectivity index (χ0v) is 17.2. The molecule has 1 aliphatic heterocycles. The van der Waals surface area contributed by atoms with Crippen molar-refractivity contribution < 1.29 is 9.53 Å². The fourth-order valence-corrected chi connectivity index (χ4v) is 5.21. The van der Waals surface area contributed by atoms with Crippen LogP contribution in [0.15, 0.2) is 54.7 Å². The first-order valence-corrected chi connectivity index (χ1v) is 10.9. The second-order valence-corrected chi connectivity index (χ2v) is 8.63. The number of halogens is 1. The average molecular weight is 423 g/mol. The second kappa shape index (κ2) is 7.75. The number of benzene rings is 2. The smallest absolute Gasteiger partial charge is 0.262 e. The van der Waals surface area contributed by atoms with Crippen LogP contribution in [0.25, 0.3) is 32.1 Å². The van der Waals surface area contributed by atoms with Crippen LogP contribution in [0, 0.1) is 0 Å². The highest BCUT2D eigenvalue weighted by Gasteiger charge is 2.23. The molecule has 1 aliphatic rings. The molecular weight excluding hydrogens is 404 g/mol. The predicted octanol–water partition coefficient (Wildman–Crippen LogP) is 5.68. The molecule has 0 bridgehead atoms. The molecule has 1 N–H and O–H groups in total. The molecule has 2 aromatic heterocycles. The molecule has 4 nitrogen and oxygen atoms in total. The van der Waals surface area contributed by atoms with Crippen molar-refractivity contribution in [2.24, 2.45) is 0 Å². The number of ether oxygens (including phenoxy) is 1. The van der Waals surface area contributed by atoms with E-state index in [9.17, 15) is 4.79 Å². The summed E-state index contributed by atoms with van der Waals surface area (Å²) in [5.41, 5.74) is 2.79. The number of carbonyl (C=O) groups is 1. The molecular formula is C23H19ClN2O2S. The van der Waals surface area contributed by atoms with E-state index in [0.717, 1.165) is 51.6 Å². The molecule has 4 aromatic rings. The summed E-state index contributed by atoms with van der Waals surface area (Å²) in [7, 11) is 0. The maximum atomic E-state index is 13.2. The summed E-state index contributed by atoms with van der Waals surface area (Å²) in [6, 6.07) is 15.6. The van der Waals surface area contributed by atoms with E-state index < -0.39 is 0 Å². The van der Waals surface area contributed by atoms with E-state index in [0.29, 0.717) is 16.4 Å². The number of fused-ring (bicyclic) bond motifs is 3. The van der Waals surface area contributed by atoms with E-state index in [1.165, 1.54) is 11.3 Å². The SMILES string of the molecule is O=C(NC[C@H]1CCCO1)c1sc2c(cnc3ccccc32)c1-c1ccc(Cl)cc1. The van der Waals surface area contributed by atoms with Gasteiger partial charge in [0, 0.05) is 45.4 Å². The Morgan fingerprint density at radius 2 is 2.00 bits per heavy atom. The highest BCUT2D eigenvalue weighted by molar-refractivity contribution is 7.22. The summed E-state index contributed by atoms with van der Waals surface area (Å²) in [6.45, 7) is 1.31. The first-order chi connectivity index (χ1) is 14.2. The first kappa shape index (κ1) is 18.6. The maximum Gasteiger partial charge on any atom is 0.262 e. The molecule has 29 heavy (non-hydrogen) atoms. The highest BCUT2D eigenvalue weighted by Crippen LogP contribution is 2.41. The molecule has 0 aliphatic carbocycles. The van der Waals surface area contributed by atoms with Crippen LogP contribution in [0.3, 0.4) is 0 Å². The number of hydrogen-bond donors (Lipinski definition) is 1. The van der Waals surface area contributed by atoms with Crippen molar-refractivity contribution in [3.8, 4) is 11.1 Å². The summed E-state index contributed by atoms with van der Waals surface area (Å²) in [4.78, 5) is 18.5. The molecule has 0 radical (unpaired) electrons. The number of rotatable bonds is 4. The van der Waals surface area contributed by atoms with Crippen molar-refractivity contribution in [2.45, 2.75) is 18.9 Å². The highest BCUT2D eigenvalue weighted by atomic mass is 35.5. The van der Waals surface area contributed by atoms with Gasteiger partial charge >= 0.3 is 0 Å². The molecule has 1 saturated heterocycles. The summed E-state index contributed by atoms with van der Waals surface area (Å²) in [6.07, 6.45) is 4.02. The minimum atomic E-state index is -0.0734. The number of aromatic nitrogens is 1. The largest absolute Gasteiger partial charge is 0.376 e. The molecule has 146 valence electrons. The molecule has 0 saturated carbocycles. The zero-order valence-electron chi connectivity index (χ0n) is 15.7. The van der Waals surface area contributed by atoms with E-state index in [2.05, 4.69) is 16.4 Å². The molecule has 2 aromatic carbocycles. The Balaban J connectivity index is 1.64. The summed E-state index contributed by atoms with van der Waals surface area (Å²) >= 11 is 7.61. The number of pyridine rings is 1. The van der Waals surface area contributed by atoms with E-state index in [1.807, 2.05) is 48.7 Å². The predicted molar refractivity (Wildman–Crippen MR) is 119 cm³/mol. The molecule has 5 rings (SSSR count). The van der Waals surface area contributed by atoms with Gasteiger partial charge in [-0.05, 0) is 36.6 Å². The van der Waals surface area contributed by atoms with Gasteiger partial charge in [0.05, 0.1) is 11.6 Å². The number of hydrogen-bond acceptors (Lipinski definition) is 4. The molecule has 1 amide bonds. The Morgan fingerprint density at radius 1 is 1.17 bits per heavy atom. The zero-order chi connectivity index (χ0) is 19.8. The second-order valence-electron chi connectivity index (χ2n) is 7.18. The molecule has 1 atom stereocenters. The fraction of sp³-hybridized carbons (Fsp3) is 0.217. The van der Waals surface area contributed by atoms with Gasteiger partial charge in [0.1, 0.15) is 4.88 Å². The molecule has 6 heteroatoms. The van der Waals surface area contributed by atoms with Crippen LogP contribution < -0.4 is 5.32 Å². The third-order valence-electron chi connectivity index (χ3n) is 5.28. The maximum absolute atomic E-state index is 13.2. The van der Waals surface area contributed by atoms with Crippen LogP contribution in [-0.4, -0.2) is 30.1 Å². The van der Waals surface area contributed by atoms with E-state index in [4.69, 9.17) is 16.3 Å². The van der Waals surface area contributed by atoms with Gasteiger partial charge in [-0.2, -0.15) is 0 Å². The van der Waals surface area contributed by atoms with Gasteiger partial charge < -0.3 is 10.1 Å². The Labute approximate surface area is 177 Å². The Hall–Kier alpha value is -2.47. The van der Waals surface area contributed by atoms with Crippen molar-refractivity contribution in [1.29, 1.82) is 0 Å². The minimum Gasteiger partial charge on any atom is -0.376 e. The van der Waals surface area contributed by atoms with Crippen molar-refractivity contribution in [3.63, 3.8) is 0 Å². The lowest BCUT2D eigenvalue weighted by molar-refractivity contribution is 0.0861. The van der Waals surface area contributed by atoms with Gasteiger partial charge in [-0.25, -0.2) is 0 Å². The van der Waals surface area contributed by atoms with Gasteiger partial charge in [-0.15, -0.1) is 11.3 Å². The van der Waals surface area contributed by atoms with Gasteiger partial charge in [0.15, 0.2) is 0 Å². The summed E-state index contributed by atoms with van der Waals surface area (Å²) in [5, 5.41) is 5.78. The number of nitrogens with one attached hydrogen (secondary N) is 1. The van der Waals surface area contributed by atoms with Crippen LogP contribution in [0.5, 0.6) is 0 Å². The Bertz CT molecular complexity index is 1200. The molecule has 3 heterocycles. The Morgan fingerprint density at radius 3 is 2.79 bits per heavy atom. The molecule has 1 fully saturated rings. The normalized spacial score (nSPS) is 16.5. The third kappa shape index (κ3) is 3.50. The number of para-hydroxylation sites is 1. The van der Waals surface area contributed by atoms with Gasteiger partial charge in [-0.3, -0.25) is 9.78 Å². The average Bonchev–Trinajstić information content (AvgIpc) is 3.40. The van der Waals surface area contributed by atoms with Crippen LogP contribution in [-0.2, 0) is 4.74 Å². The number of amides is 1. The first-order valence-electron chi connectivity index (χ1n) is 9.66. The minimum absolute atomic E-state index is 0.0734. The quantitative estimate of drug-likeness (QED) is 0.460. The summed E-state index contributed by atoms with van der Waals surface area (Å²) < 4.78 is 6.72. The number of carbonyl (C=O) groups excluding carboxylic acids is 1. The number of thiophene rings is 1. The lowest BCUT2D eigenvalue weighted by Gasteiger charge is -2.11. The van der Waals surface area contributed by atoms with Crippen molar-refractivity contribution >= 4 is 49.8 Å². The van der Waals surface area contributed by atoms with Crippen LogP contribution in [0.2, 0.25) is 5.02 Å². The van der Waals surface area contributed by atoms with E-state index >= 15 is 0 Å². The van der Waals surface area contributed by atoms with Gasteiger partial charge in [-0.1, -0.05) is 41.9 Å². The number of nitrogens with zero attached hydrogens (tertiary/aromatic N) is 1. The summed E-state index contributed by atoms with van der Waals surface area (Å²) in [5.74, 6) is -0.0734. The third-order valence-corrected chi connectivity index (χ3v) is 6.77. The van der Waals surface area contributed by atoms with Gasteiger partial charge in [0.25, 0.3) is 5.91 Å². The van der Waals surface area contributed by atoms with Crippen LogP contribution >= 0.6 is 22.9 Å². The standard InChI is InChI=1S/C23H19ClN2O2S/c24-15-9-7-14(8-10-15)20-18-13-25-19-6-2-1-5-17(19)21(18)29-22(20)23(27)26-12-16-4-3-11-28-16/h1-2,5-10,13,16H,3-4,11-12H2,(H,26,27)/t16-/m1/s1. The topological polar surface area (TPSA) is 51.2 Å². The Kier molecular flexibility index (Phi) is 4.96.